The molecule has 0 bridgehead atoms. The van der Waals surface area contributed by atoms with E-state index in [1.54, 1.807) is 10.4 Å². The van der Waals surface area contributed by atoms with Crippen LogP contribution in [0, 0.1) is 4.77 Å². The Morgan fingerprint density at radius 2 is 1.73 bits per heavy atom. The smallest absolute Gasteiger partial charge is 0.243 e. The first-order valence-corrected chi connectivity index (χ1v) is 12.9. The Morgan fingerprint density at radius 3 is 2.57 bits per heavy atom. The number of aromatic nitrogens is 3. The standard InChI is InChI=1S/C21H29N5O2S2/c27-30(28,24-12-4-5-13-24)18-9-10-19-17(15-18)7-6-11-23(19)16-26-21(29)25-14-3-1-2-8-20(25)22-26/h9-10,15H,1-8,11-14,16H2. The van der Waals surface area contributed by atoms with Crippen molar-refractivity contribution in [2.45, 2.75) is 69.5 Å². The number of aryl methyl sites for hydroxylation is 2. The van der Waals surface area contributed by atoms with Crippen LogP contribution in [0.15, 0.2) is 23.1 Å². The van der Waals surface area contributed by atoms with E-state index in [1.807, 2.05) is 16.8 Å². The first-order valence-electron chi connectivity index (χ1n) is 11.1. The summed E-state index contributed by atoms with van der Waals surface area (Å²) in [5, 5.41) is 4.82. The largest absolute Gasteiger partial charge is 0.352 e. The first-order chi connectivity index (χ1) is 14.5. The fourth-order valence-corrected chi connectivity index (χ4v) is 6.78. The summed E-state index contributed by atoms with van der Waals surface area (Å²) in [4.78, 5) is 2.71. The second-order valence-electron chi connectivity index (χ2n) is 8.57. The lowest BCUT2D eigenvalue weighted by Gasteiger charge is -2.31. The molecule has 0 N–H and O–H groups in total. The maximum atomic E-state index is 13.0. The minimum Gasteiger partial charge on any atom is -0.352 e. The van der Waals surface area contributed by atoms with Crippen LogP contribution in [0.25, 0.3) is 0 Å². The third-order valence-corrected chi connectivity index (χ3v) is 8.88. The quantitative estimate of drug-likeness (QED) is 0.673. The van der Waals surface area contributed by atoms with Gasteiger partial charge in [-0.2, -0.15) is 9.40 Å². The second-order valence-corrected chi connectivity index (χ2v) is 10.9. The fourth-order valence-electron chi connectivity index (χ4n) is 4.92. The van der Waals surface area contributed by atoms with Crippen molar-refractivity contribution in [1.82, 2.24) is 18.7 Å². The number of nitrogens with zero attached hydrogens (tertiary/aromatic N) is 5. The van der Waals surface area contributed by atoms with Crippen LogP contribution in [0.5, 0.6) is 0 Å². The number of fused-ring (bicyclic) bond motifs is 2. The Kier molecular flexibility index (Phi) is 5.45. The van der Waals surface area contributed by atoms with Crippen molar-refractivity contribution in [1.29, 1.82) is 0 Å². The van der Waals surface area contributed by atoms with Gasteiger partial charge in [0.15, 0.2) is 4.77 Å². The molecule has 162 valence electrons. The molecule has 9 heteroatoms. The zero-order valence-electron chi connectivity index (χ0n) is 17.3. The summed E-state index contributed by atoms with van der Waals surface area (Å²) in [5.74, 6) is 1.10. The van der Waals surface area contributed by atoms with Crippen molar-refractivity contribution in [3.05, 3.63) is 34.4 Å². The normalized spacial score (nSPS) is 20.1. The van der Waals surface area contributed by atoms with Crippen LogP contribution in [0.4, 0.5) is 5.69 Å². The molecule has 0 radical (unpaired) electrons. The van der Waals surface area contributed by atoms with Crippen molar-refractivity contribution in [2.75, 3.05) is 24.5 Å². The molecule has 2 aromatic rings. The Hall–Kier alpha value is -1.71. The van der Waals surface area contributed by atoms with Crippen molar-refractivity contribution >= 4 is 27.9 Å². The molecule has 7 nitrogen and oxygen atoms in total. The molecule has 1 fully saturated rings. The molecule has 0 spiro atoms. The summed E-state index contributed by atoms with van der Waals surface area (Å²) in [7, 11) is -3.38. The average molecular weight is 448 g/mol. The van der Waals surface area contributed by atoms with Gasteiger partial charge >= 0.3 is 0 Å². The van der Waals surface area contributed by atoms with Crippen molar-refractivity contribution in [3.63, 3.8) is 0 Å². The molecule has 0 amide bonds. The lowest BCUT2D eigenvalue weighted by molar-refractivity contribution is 0.477. The van der Waals surface area contributed by atoms with Gasteiger partial charge in [-0.1, -0.05) is 6.42 Å². The Morgan fingerprint density at radius 1 is 0.933 bits per heavy atom. The van der Waals surface area contributed by atoms with Gasteiger partial charge in [0.2, 0.25) is 10.0 Å². The van der Waals surface area contributed by atoms with E-state index in [0.29, 0.717) is 24.7 Å². The van der Waals surface area contributed by atoms with E-state index >= 15 is 0 Å². The molecule has 3 aliphatic heterocycles. The van der Waals surface area contributed by atoms with Gasteiger partial charge in [0.25, 0.3) is 0 Å². The van der Waals surface area contributed by atoms with E-state index in [0.717, 1.165) is 73.5 Å². The Bertz CT molecular complexity index is 1100. The molecule has 1 aromatic heterocycles. The highest BCUT2D eigenvalue weighted by atomic mass is 32.2. The van der Waals surface area contributed by atoms with Gasteiger partial charge in [-0.3, -0.25) is 0 Å². The molecule has 3 aliphatic rings. The number of benzene rings is 1. The van der Waals surface area contributed by atoms with Crippen LogP contribution in [-0.2, 0) is 36.1 Å². The Labute approximate surface area is 183 Å². The molecule has 30 heavy (non-hydrogen) atoms. The average Bonchev–Trinajstić information content (AvgIpc) is 3.32. The third kappa shape index (κ3) is 3.61. The van der Waals surface area contributed by atoms with E-state index in [9.17, 15) is 8.42 Å². The number of hydrogen-bond acceptors (Lipinski definition) is 5. The number of hydrogen-bond donors (Lipinski definition) is 0. The number of anilines is 1. The molecule has 0 aliphatic carbocycles. The zero-order valence-corrected chi connectivity index (χ0v) is 18.9. The van der Waals surface area contributed by atoms with E-state index in [1.165, 1.54) is 12.8 Å². The summed E-state index contributed by atoms with van der Waals surface area (Å²) in [6, 6.07) is 5.63. The molecular formula is C21H29N5O2S2. The topological polar surface area (TPSA) is 63.4 Å². The van der Waals surface area contributed by atoms with Crippen molar-refractivity contribution in [2.24, 2.45) is 0 Å². The van der Waals surface area contributed by atoms with Crippen LogP contribution in [0.2, 0.25) is 0 Å². The van der Waals surface area contributed by atoms with Gasteiger partial charge in [-0.05, 0) is 74.5 Å². The van der Waals surface area contributed by atoms with E-state index in [2.05, 4.69) is 9.47 Å². The van der Waals surface area contributed by atoms with E-state index < -0.39 is 10.0 Å². The van der Waals surface area contributed by atoms with Gasteiger partial charge in [0, 0.05) is 38.3 Å². The predicted molar refractivity (Wildman–Crippen MR) is 119 cm³/mol. The van der Waals surface area contributed by atoms with Gasteiger partial charge in [0.05, 0.1) is 4.90 Å². The monoisotopic (exact) mass is 447 g/mol. The van der Waals surface area contributed by atoms with Gasteiger partial charge in [-0.25, -0.2) is 13.1 Å². The Balaban J connectivity index is 1.42. The summed E-state index contributed by atoms with van der Waals surface area (Å²) in [5.41, 5.74) is 2.21. The minimum absolute atomic E-state index is 0.426. The molecule has 5 rings (SSSR count). The van der Waals surface area contributed by atoms with Gasteiger partial charge in [-0.15, -0.1) is 0 Å². The molecule has 0 atom stereocenters. The van der Waals surface area contributed by atoms with Gasteiger partial charge < -0.3 is 9.47 Å². The van der Waals surface area contributed by atoms with Crippen molar-refractivity contribution < 1.29 is 8.42 Å². The van der Waals surface area contributed by atoms with Crippen molar-refractivity contribution in [3.8, 4) is 0 Å². The summed E-state index contributed by atoms with van der Waals surface area (Å²) in [6.45, 7) is 3.77. The fraction of sp³-hybridized carbons (Fsp3) is 0.619. The molecule has 0 saturated carbocycles. The lowest BCUT2D eigenvalue weighted by Crippen LogP contribution is -2.33. The second kappa shape index (κ2) is 8.09. The number of rotatable bonds is 4. The summed E-state index contributed by atoms with van der Waals surface area (Å²) in [6.07, 6.45) is 8.37. The zero-order chi connectivity index (χ0) is 20.7. The summed E-state index contributed by atoms with van der Waals surface area (Å²) >= 11 is 5.72. The van der Waals surface area contributed by atoms with Crippen LogP contribution in [0.3, 0.4) is 0 Å². The molecule has 4 heterocycles. The van der Waals surface area contributed by atoms with Crippen LogP contribution < -0.4 is 4.90 Å². The maximum absolute atomic E-state index is 13.0. The van der Waals surface area contributed by atoms with Gasteiger partial charge in [0.1, 0.15) is 12.5 Å². The highest BCUT2D eigenvalue weighted by Gasteiger charge is 2.29. The summed E-state index contributed by atoms with van der Waals surface area (Å²) < 4.78 is 32.5. The van der Waals surface area contributed by atoms with E-state index in [-0.39, 0.29) is 0 Å². The molecule has 1 saturated heterocycles. The number of sulfonamides is 1. The predicted octanol–water partition coefficient (Wildman–Crippen LogP) is 3.34. The highest BCUT2D eigenvalue weighted by molar-refractivity contribution is 7.89. The SMILES string of the molecule is O=S(=O)(c1ccc2c(c1)CCCN2Cn1nc2n(c1=S)CCCCC2)N1CCCC1. The van der Waals surface area contributed by atoms with Crippen LogP contribution in [0.1, 0.15) is 49.9 Å². The molecule has 0 unspecified atom stereocenters. The third-order valence-electron chi connectivity index (χ3n) is 6.55. The van der Waals surface area contributed by atoms with Crippen LogP contribution >= 0.6 is 12.2 Å². The molecule has 1 aromatic carbocycles. The lowest BCUT2D eigenvalue weighted by atomic mass is 10.0. The van der Waals surface area contributed by atoms with E-state index in [4.69, 9.17) is 17.3 Å². The highest BCUT2D eigenvalue weighted by Crippen LogP contribution is 2.31. The maximum Gasteiger partial charge on any atom is 0.243 e. The van der Waals surface area contributed by atoms with Crippen LogP contribution in [-0.4, -0.2) is 46.7 Å². The molecular weight excluding hydrogens is 418 g/mol. The minimum atomic E-state index is -3.38. The first kappa shape index (κ1) is 20.2.